The molecule has 1 aromatic carbocycles. The Labute approximate surface area is 89.9 Å². The molecule has 0 radical (unpaired) electrons. The summed E-state index contributed by atoms with van der Waals surface area (Å²) in [5.74, 6) is -1.31. The van der Waals surface area contributed by atoms with Gasteiger partial charge in [-0.2, -0.15) is 0 Å². The van der Waals surface area contributed by atoms with Crippen molar-refractivity contribution < 1.29 is 23.0 Å². The van der Waals surface area contributed by atoms with E-state index in [1.165, 1.54) is 18.2 Å². The number of phenolic OH excluding ortho intramolecular Hbond substituents is 1. The van der Waals surface area contributed by atoms with Crippen LogP contribution in [0.5, 0.6) is 11.5 Å². The first-order valence-electron chi connectivity index (χ1n) is 4.31. The lowest BCUT2D eigenvalue weighted by molar-refractivity contribution is -0.275. The lowest BCUT2D eigenvalue weighted by atomic mass is 10.1. The molecule has 1 aromatic rings. The molecule has 0 aliphatic heterocycles. The lowest BCUT2D eigenvalue weighted by Crippen LogP contribution is -2.17. The second-order valence-corrected chi connectivity index (χ2v) is 3.00. The van der Waals surface area contributed by atoms with Crippen molar-refractivity contribution in [2.24, 2.45) is 5.73 Å². The molecule has 0 aliphatic carbocycles. The van der Waals surface area contributed by atoms with E-state index in [1.807, 2.05) is 0 Å². The van der Waals surface area contributed by atoms with E-state index in [1.54, 1.807) is 0 Å². The van der Waals surface area contributed by atoms with Crippen LogP contribution in [0.3, 0.4) is 0 Å². The molecule has 0 aliphatic rings. The first-order chi connectivity index (χ1) is 7.35. The molecule has 3 nitrogen and oxygen atoms in total. The molecule has 0 spiro atoms. The van der Waals surface area contributed by atoms with Crippen LogP contribution in [0.25, 0.3) is 0 Å². The molecule has 0 amide bonds. The Morgan fingerprint density at radius 3 is 2.56 bits per heavy atom. The third-order valence-corrected chi connectivity index (χ3v) is 1.87. The van der Waals surface area contributed by atoms with Gasteiger partial charge in [-0.1, -0.05) is 18.2 Å². The van der Waals surface area contributed by atoms with Crippen LogP contribution in [0, 0.1) is 0 Å². The molecule has 0 aromatic heterocycles. The average Bonchev–Trinajstić information content (AvgIpc) is 2.18. The average molecular weight is 233 g/mol. The van der Waals surface area contributed by atoms with E-state index in [4.69, 9.17) is 5.73 Å². The van der Waals surface area contributed by atoms with Crippen molar-refractivity contribution in [3.8, 4) is 11.5 Å². The highest BCUT2D eigenvalue weighted by atomic mass is 19.4. The van der Waals surface area contributed by atoms with Crippen LogP contribution in [0.1, 0.15) is 11.6 Å². The number of hydrogen-bond donors (Lipinski definition) is 2. The molecule has 1 rings (SSSR count). The van der Waals surface area contributed by atoms with E-state index in [9.17, 15) is 18.3 Å². The molecular weight excluding hydrogens is 223 g/mol. The van der Waals surface area contributed by atoms with Crippen LogP contribution >= 0.6 is 0 Å². The Morgan fingerprint density at radius 1 is 1.44 bits per heavy atom. The summed E-state index contributed by atoms with van der Waals surface area (Å²) in [6.07, 6.45) is -3.55. The maximum Gasteiger partial charge on any atom is 0.573 e. The summed E-state index contributed by atoms with van der Waals surface area (Å²) in [5, 5.41) is 9.50. The number of phenols is 1. The third kappa shape index (κ3) is 2.90. The number of alkyl halides is 3. The molecular formula is C10H10F3NO2. The van der Waals surface area contributed by atoms with E-state index >= 15 is 0 Å². The van der Waals surface area contributed by atoms with Gasteiger partial charge >= 0.3 is 6.36 Å². The molecule has 0 bridgehead atoms. The summed E-state index contributed by atoms with van der Waals surface area (Å²) in [5.41, 5.74) is 5.63. The molecule has 16 heavy (non-hydrogen) atoms. The predicted molar refractivity (Wildman–Crippen MR) is 51.9 cm³/mol. The van der Waals surface area contributed by atoms with Gasteiger partial charge in [0, 0.05) is 5.56 Å². The highest BCUT2D eigenvalue weighted by Crippen LogP contribution is 2.36. The van der Waals surface area contributed by atoms with Crippen LogP contribution in [-0.4, -0.2) is 11.5 Å². The maximum absolute atomic E-state index is 12.0. The van der Waals surface area contributed by atoms with Crippen molar-refractivity contribution >= 4 is 0 Å². The maximum atomic E-state index is 12.0. The minimum absolute atomic E-state index is 0.122. The number of aromatic hydroxyl groups is 1. The lowest BCUT2D eigenvalue weighted by Gasteiger charge is -2.14. The summed E-state index contributed by atoms with van der Waals surface area (Å²) in [6, 6.07) is 2.95. The van der Waals surface area contributed by atoms with Crippen LogP contribution in [0.15, 0.2) is 30.9 Å². The quantitative estimate of drug-likeness (QED) is 0.788. The summed E-state index contributed by atoms with van der Waals surface area (Å²) < 4.78 is 39.5. The Bertz CT molecular complexity index is 390. The number of rotatable bonds is 3. The zero-order chi connectivity index (χ0) is 12.3. The smallest absolute Gasteiger partial charge is 0.504 e. The predicted octanol–water partition coefficient (Wildman–Crippen LogP) is 2.48. The van der Waals surface area contributed by atoms with Gasteiger partial charge < -0.3 is 15.6 Å². The van der Waals surface area contributed by atoms with Crippen molar-refractivity contribution in [1.29, 1.82) is 0 Å². The molecule has 0 saturated carbocycles. The van der Waals surface area contributed by atoms with Crippen molar-refractivity contribution in [3.05, 3.63) is 36.4 Å². The Hall–Kier alpha value is -1.69. The van der Waals surface area contributed by atoms with Gasteiger partial charge in [0.25, 0.3) is 0 Å². The van der Waals surface area contributed by atoms with E-state index in [2.05, 4.69) is 11.3 Å². The second-order valence-electron chi connectivity index (χ2n) is 3.00. The van der Waals surface area contributed by atoms with Gasteiger partial charge in [0.05, 0.1) is 6.04 Å². The minimum Gasteiger partial charge on any atom is -0.504 e. The molecule has 1 atom stereocenters. The Kier molecular flexibility index (Phi) is 3.44. The van der Waals surface area contributed by atoms with Crippen LogP contribution < -0.4 is 10.5 Å². The standard InChI is InChI=1S/C10H10F3NO2/c1-2-7(14)6-4-3-5-8(9(6)15)16-10(11,12)13/h2-5,7,15H,1,14H2/t7-/m1/s1. The van der Waals surface area contributed by atoms with Gasteiger partial charge in [-0.05, 0) is 6.07 Å². The highest BCUT2D eigenvalue weighted by molar-refractivity contribution is 5.47. The summed E-state index contributed by atoms with van der Waals surface area (Å²) >= 11 is 0. The fourth-order valence-electron chi connectivity index (χ4n) is 1.14. The van der Waals surface area contributed by atoms with E-state index in [0.717, 1.165) is 6.07 Å². The van der Waals surface area contributed by atoms with Gasteiger partial charge in [0.1, 0.15) is 0 Å². The van der Waals surface area contributed by atoms with E-state index in [-0.39, 0.29) is 5.56 Å². The van der Waals surface area contributed by atoms with E-state index < -0.39 is 23.9 Å². The zero-order valence-electron chi connectivity index (χ0n) is 8.16. The molecule has 0 saturated heterocycles. The summed E-state index contributed by atoms with van der Waals surface area (Å²) in [4.78, 5) is 0. The number of ether oxygens (including phenoxy) is 1. The minimum atomic E-state index is -4.85. The topological polar surface area (TPSA) is 55.5 Å². The highest BCUT2D eigenvalue weighted by Gasteiger charge is 2.32. The monoisotopic (exact) mass is 233 g/mol. The first kappa shape index (κ1) is 12.4. The van der Waals surface area contributed by atoms with Crippen molar-refractivity contribution in [3.63, 3.8) is 0 Å². The molecule has 88 valence electrons. The largest absolute Gasteiger partial charge is 0.573 e. The van der Waals surface area contributed by atoms with E-state index in [0.29, 0.717) is 0 Å². The van der Waals surface area contributed by atoms with Gasteiger partial charge in [-0.3, -0.25) is 0 Å². The van der Waals surface area contributed by atoms with Crippen molar-refractivity contribution in [2.45, 2.75) is 12.4 Å². The van der Waals surface area contributed by atoms with Crippen LogP contribution in [-0.2, 0) is 0 Å². The first-order valence-corrected chi connectivity index (χ1v) is 4.31. The molecule has 3 N–H and O–H groups in total. The van der Waals surface area contributed by atoms with Crippen molar-refractivity contribution in [1.82, 2.24) is 0 Å². The fraction of sp³-hybridized carbons (Fsp3) is 0.200. The van der Waals surface area contributed by atoms with Gasteiger partial charge in [-0.25, -0.2) is 0 Å². The number of benzene rings is 1. The summed E-state index contributed by atoms with van der Waals surface area (Å²) in [7, 11) is 0. The zero-order valence-corrected chi connectivity index (χ0v) is 8.16. The molecule has 6 heteroatoms. The van der Waals surface area contributed by atoms with Gasteiger partial charge in [0.15, 0.2) is 11.5 Å². The fourth-order valence-corrected chi connectivity index (χ4v) is 1.14. The number of nitrogens with two attached hydrogens (primary N) is 1. The number of halogens is 3. The van der Waals surface area contributed by atoms with Gasteiger partial charge in [0.2, 0.25) is 0 Å². The SMILES string of the molecule is C=C[C@@H](N)c1cccc(OC(F)(F)F)c1O. The van der Waals surface area contributed by atoms with Gasteiger partial charge in [-0.15, -0.1) is 19.8 Å². The Morgan fingerprint density at radius 2 is 2.06 bits per heavy atom. The van der Waals surface area contributed by atoms with Crippen LogP contribution in [0.4, 0.5) is 13.2 Å². The number of hydrogen-bond acceptors (Lipinski definition) is 3. The Balaban J connectivity index is 3.09. The molecule has 0 unspecified atom stereocenters. The van der Waals surface area contributed by atoms with Crippen LogP contribution in [0.2, 0.25) is 0 Å². The molecule has 0 heterocycles. The normalized spacial score (nSPS) is 13.2. The number of para-hydroxylation sites is 1. The molecule has 0 fully saturated rings. The van der Waals surface area contributed by atoms with Crippen molar-refractivity contribution in [2.75, 3.05) is 0 Å². The third-order valence-electron chi connectivity index (χ3n) is 1.87. The summed E-state index contributed by atoms with van der Waals surface area (Å²) in [6.45, 7) is 3.38. The second kappa shape index (κ2) is 4.44.